The van der Waals surface area contributed by atoms with Crippen molar-refractivity contribution in [1.82, 2.24) is 19.7 Å². The Morgan fingerprint density at radius 2 is 2.41 bits per heavy atom. The van der Waals surface area contributed by atoms with Crippen LogP contribution in [0.25, 0.3) is 0 Å². The highest BCUT2D eigenvalue weighted by atomic mass is 32.2. The molecule has 1 atom stereocenters. The van der Waals surface area contributed by atoms with E-state index in [1.54, 1.807) is 11.8 Å². The van der Waals surface area contributed by atoms with Crippen LogP contribution < -0.4 is 0 Å². The monoisotopic (exact) mass is 334 g/mol. The molecular weight excluding hydrogens is 312 g/mol. The Kier molecular flexibility index (Phi) is 5.33. The molecule has 0 bridgehead atoms. The van der Waals surface area contributed by atoms with Gasteiger partial charge in [-0.25, -0.2) is 0 Å². The first kappa shape index (κ1) is 15.8. The molecule has 3 heterocycles. The minimum absolute atomic E-state index is 0.490. The highest BCUT2D eigenvalue weighted by molar-refractivity contribution is 7.99. The molecule has 1 fully saturated rings. The zero-order chi connectivity index (χ0) is 15.4. The molecule has 0 radical (unpaired) electrons. The Bertz CT molecular complexity index is 606. The maximum atomic E-state index is 4.46. The smallest absolute Gasteiger partial charge is 0.191 e. The molecule has 0 spiro atoms. The van der Waals surface area contributed by atoms with Gasteiger partial charge in [0.1, 0.15) is 5.82 Å². The van der Waals surface area contributed by atoms with Crippen LogP contribution in [-0.2, 0) is 13.6 Å². The summed E-state index contributed by atoms with van der Waals surface area (Å²) in [5, 5.41) is 11.9. The molecule has 22 heavy (non-hydrogen) atoms. The molecule has 0 aliphatic carbocycles. The molecule has 2 aromatic rings. The largest absolute Gasteiger partial charge is 0.309 e. The fraction of sp³-hybridized carbons (Fsp3) is 0.500. The molecular formula is C16H22N4S2. The molecule has 0 N–H and O–H groups in total. The van der Waals surface area contributed by atoms with Crippen molar-refractivity contribution in [2.24, 2.45) is 7.05 Å². The molecule has 4 nitrogen and oxygen atoms in total. The number of nitrogens with zero attached hydrogens (tertiary/aromatic N) is 4. The Morgan fingerprint density at radius 3 is 3.18 bits per heavy atom. The lowest BCUT2D eigenvalue weighted by Crippen LogP contribution is -2.34. The topological polar surface area (TPSA) is 34.0 Å². The summed E-state index contributed by atoms with van der Waals surface area (Å²) in [6, 6.07) is 4.35. The standard InChI is InChI=1S/C16H22N4S2/c1-3-9-22-16-18-17-15(19(16)2)13-6-4-8-20(11-13)12-14-7-5-10-21-14/h3,5,7,10,13H,1,4,6,8-9,11-12H2,2H3. The number of hydrogen-bond donors (Lipinski definition) is 0. The van der Waals surface area contributed by atoms with Crippen molar-refractivity contribution in [3.8, 4) is 0 Å². The van der Waals surface area contributed by atoms with Crippen molar-refractivity contribution < 1.29 is 0 Å². The number of likely N-dealkylation sites (tertiary alicyclic amines) is 1. The number of rotatable bonds is 6. The lowest BCUT2D eigenvalue weighted by Gasteiger charge is -2.31. The van der Waals surface area contributed by atoms with Gasteiger partial charge in [-0.1, -0.05) is 23.9 Å². The van der Waals surface area contributed by atoms with Gasteiger partial charge >= 0.3 is 0 Å². The van der Waals surface area contributed by atoms with E-state index in [1.807, 2.05) is 17.4 Å². The highest BCUT2D eigenvalue weighted by Crippen LogP contribution is 2.28. The fourth-order valence-electron chi connectivity index (χ4n) is 2.97. The summed E-state index contributed by atoms with van der Waals surface area (Å²) in [6.45, 7) is 7.09. The van der Waals surface area contributed by atoms with Crippen molar-refractivity contribution >= 4 is 23.1 Å². The Balaban J connectivity index is 1.66. The maximum absolute atomic E-state index is 4.46. The van der Waals surface area contributed by atoms with Gasteiger partial charge in [0.2, 0.25) is 0 Å². The van der Waals surface area contributed by atoms with Gasteiger partial charge in [0, 0.05) is 36.7 Å². The van der Waals surface area contributed by atoms with Gasteiger partial charge in [0.05, 0.1) is 0 Å². The van der Waals surface area contributed by atoms with E-state index in [4.69, 9.17) is 0 Å². The van der Waals surface area contributed by atoms with Crippen LogP contribution >= 0.6 is 23.1 Å². The summed E-state index contributed by atoms with van der Waals surface area (Å²) in [5.74, 6) is 2.49. The number of hydrogen-bond acceptors (Lipinski definition) is 5. The first-order valence-electron chi connectivity index (χ1n) is 7.65. The van der Waals surface area contributed by atoms with Gasteiger partial charge < -0.3 is 4.57 Å². The number of piperidine rings is 1. The van der Waals surface area contributed by atoms with Crippen molar-refractivity contribution in [3.05, 3.63) is 40.9 Å². The summed E-state index contributed by atoms with van der Waals surface area (Å²) in [5.41, 5.74) is 0. The van der Waals surface area contributed by atoms with E-state index in [0.717, 1.165) is 29.8 Å². The summed E-state index contributed by atoms with van der Waals surface area (Å²) in [7, 11) is 2.08. The van der Waals surface area contributed by atoms with Gasteiger partial charge in [-0.3, -0.25) is 4.90 Å². The molecule has 0 aromatic carbocycles. The van der Waals surface area contributed by atoms with E-state index in [0.29, 0.717) is 5.92 Å². The third-order valence-corrected chi connectivity index (χ3v) is 5.91. The lowest BCUT2D eigenvalue weighted by molar-refractivity contribution is 0.196. The van der Waals surface area contributed by atoms with E-state index >= 15 is 0 Å². The first-order valence-corrected chi connectivity index (χ1v) is 9.52. The zero-order valence-electron chi connectivity index (χ0n) is 12.9. The van der Waals surface area contributed by atoms with Crippen LogP contribution in [0.2, 0.25) is 0 Å². The van der Waals surface area contributed by atoms with Crippen LogP contribution in [-0.4, -0.2) is 38.5 Å². The second-order valence-electron chi connectivity index (χ2n) is 5.65. The molecule has 2 aromatic heterocycles. The number of thioether (sulfide) groups is 1. The quantitative estimate of drug-likeness (QED) is 0.598. The average Bonchev–Trinajstić information content (AvgIpc) is 3.15. The molecule has 1 aliphatic rings. The average molecular weight is 335 g/mol. The van der Waals surface area contributed by atoms with Crippen LogP contribution in [0.4, 0.5) is 0 Å². The molecule has 1 unspecified atom stereocenters. The van der Waals surface area contributed by atoms with Crippen LogP contribution in [0, 0.1) is 0 Å². The van der Waals surface area contributed by atoms with Crippen molar-refractivity contribution in [2.45, 2.75) is 30.5 Å². The maximum Gasteiger partial charge on any atom is 0.191 e. The molecule has 3 rings (SSSR count). The second-order valence-corrected chi connectivity index (χ2v) is 7.67. The Hall–Kier alpha value is -1.11. The van der Waals surface area contributed by atoms with E-state index in [2.05, 4.69) is 50.8 Å². The van der Waals surface area contributed by atoms with E-state index in [1.165, 1.54) is 24.3 Å². The van der Waals surface area contributed by atoms with Gasteiger partial charge in [0.25, 0.3) is 0 Å². The minimum atomic E-state index is 0.490. The lowest BCUT2D eigenvalue weighted by atomic mass is 9.97. The normalized spacial score (nSPS) is 19.4. The molecule has 6 heteroatoms. The summed E-state index contributed by atoms with van der Waals surface area (Å²) in [6.07, 6.45) is 4.35. The molecule has 118 valence electrons. The van der Waals surface area contributed by atoms with Gasteiger partial charge in [-0.05, 0) is 30.8 Å². The third kappa shape index (κ3) is 3.62. The summed E-state index contributed by atoms with van der Waals surface area (Å²) < 4.78 is 2.16. The second kappa shape index (κ2) is 7.44. The third-order valence-electron chi connectivity index (χ3n) is 4.03. The Morgan fingerprint density at radius 1 is 1.50 bits per heavy atom. The summed E-state index contributed by atoms with van der Waals surface area (Å²) in [4.78, 5) is 3.99. The Labute approximate surface area is 140 Å². The van der Waals surface area contributed by atoms with Crippen LogP contribution in [0.5, 0.6) is 0 Å². The SMILES string of the molecule is C=CCSc1nnc(C2CCCN(Cc3cccs3)C2)n1C. The summed E-state index contributed by atoms with van der Waals surface area (Å²) >= 11 is 3.54. The van der Waals surface area contributed by atoms with Crippen molar-refractivity contribution in [3.63, 3.8) is 0 Å². The van der Waals surface area contributed by atoms with Gasteiger partial charge in [0.15, 0.2) is 5.16 Å². The molecule has 1 aliphatic heterocycles. The van der Waals surface area contributed by atoms with E-state index < -0.39 is 0 Å². The fourth-order valence-corrected chi connectivity index (χ4v) is 4.37. The zero-order valence-corrected chi connectivity index (χ0v) is 14.6. The minimum Gasteiger partial charge on any atom is -0.309 e. The van der Waals surface area contributed by atoms with Gasteiger partial charge in [-0.15, -0.1) is 28.1 Å². The van der Waals surface area contributed by atoms with Crippen molar-refractivity contribution in [2.75, 3.05) is 18.8 Å². The van der Waals surface area contributed by atoms with Crippen molar-refractivity contribution in [1.29, 1.82) is 0 Å². The highest BCUT2D eigenvalue weighted by Gasteiger charge is 2.26. The van der Waals surface area contributed by atoms with Crippen LogP contribution in [0.1, 0.15) is 29.5 Å². The van der Waals surface area contributed by atoms with Gasteiger partial charge in [-0.2, -0.15) is 0 Å². The van der Waals surface area contributed by atoms with E-state index in [9.17, 15) is 0 Å². The molecule has 0 amide bonds. The molecule has 1 saturated heterocycles. The van der Waals surface area contributed by atoms with Crippen LogP contribution in [0.15, 0.2) is 35.3 Å². The van der Waals surface area contributed by atoms with E-state index in [-0.39, 0.29) is 0 Å². The van der Waals surface area contributed by atoms with Crippen LogP contribution in [0.3, 0.4) is 0 Å². The molecule has 0 saturated carbocycles. The predicted molar refractivity (Wildman–Crippen MR) is 93.5 cm³/mol. The number of thiophene rings is 1. The first-order chi connectivity index (χ1) is 10.8. The number of aromatic nitrogens is 3. The predicted octanol–water partition coefficient (Wildman–Crippen LogP) is 3.53.